The van der Waals surface area contributed by atoms with Gasteiger partial charge in [0.15, 0.2) is 0 Å². The lowest BCUT2D eigenvalue weighted by Crippen LogP contribution is -2.37. The molecule has 0 aliphatic rings. The van der Waals surface area contributed by atoms with Gasteiger partial charge in [0.2, 0.25) is 0 Å². The lowest BCUT2D eigenvalue weighted by atomic mass is 10.2. The average Bonchev–Trinajstić information content (AvgIpc) is 2.15. The number of rotatable bonds is 5. The van der Waals surface area contributed by atoms with E-state index in [1.54, 1.807) is 4.90 Å². The molecule has 92 valence electrons. The van der Waals surface area contributed by atoms with Gasteiger partial charge in [0.05, 0.1) is 0 Å². The summed E-state index contributed by atoms with van der Waals surface area (Å²) in [4.78, 5) is 13.4. The molecule has 0 fully saturated rings. The topological polar surface area (TPSA) is 29.5 Å². The van der Waals surface area contributed by atoms with E-state index in [-0.39, 0.29) is 6.09 Å². The number of hydrogen-bond acceptors (Lipinski definition) is 2. The molecule has 3 nitrogen and oxygen atoms in total. The normalized spacial score (nSPS) is 10.7. The van der Waals surface area contributed by atoms with Crippen LogP contribution >= 0.6 is 0 Å². The summed E-state index contributed by atoms with van der Waals surface area (Å²) in [6.45, 7) is 8.95. The Balaban J connectivity index is 3.98. The summed E-state index contributed by atoms with van der Waals surface area (Å²) >= 11 is 0. The maximum absolute atomic E-state index is 11.7. The molecule has 0 aromatic rings. The molecule has 16 heavy (non-hydrogen) atoms. The summed E-state index contributed by atoms with van der Waals surface area (Å²) in [5.41, 5.74) is -0.427. The number of ether oxygens (including phenoxy) is 1. The highest BCUT2D eigenvalue weighted by molar-refractivity contribution is 5.68. The number of terminal acetylenes is 1. The van der Waals surface area contributed by atoms with Gasteiger partial charge in [-0.05, 0) is 40.5 Å². The highest BCUT2D eigenvalue weighted by Gasteiger charge is 2.20. The van der Waals surface area contributed by atoms with Crippen LogP contribution in [0.4, 0.5) is 4.79 Å². The van der Waals surface area contributed by atoms with E-state index in [4.69, 9.17) is 11.2 Å². The Hall–Kier alpha value is -1.17. The number of carbonyl (C=O) groups is 1. The van der Waals surface area contributed by atoms with Crippen LogP contribution in [0.15, 0.2) is 0 Å². The van der Waals surface area contributed by atoms with Crippen LogP contribution in [0.5, 0.6) is 0 Å². The third kappa shape index (κ3) is 7.17. The predicted octanol–water partition coefficient (Wildman–Crippen LogP) is 3.05. The van der Waals surface area contributed by atoms with E-state index in [1.165, 1.54) is 0 Å². The van der Waals surface area contributed by atoms with Crippen molar-refractivity contribution < 1.29 is 9.53 Å². The SMILES string of the molecule is C#CCCCCN(CC)C(=O)OC(C)(C)C. The molecule has 0 aliphatic carbocycles. The van der Waals surface area contributed by atoms with Crippen molar-refractivity contribution in [2.24, 2.45) is 0 Å². The molecular weight excluding hydrogens is 202 g/mol. The van der Waals surface area contributed by atoms with Crippen LogP contribution in [0.3, 0.4) is 0 Å². The Morgan fingerprint density at radius 2 is 2.00 bits per heavy atom. The summed E-state index contributed by atoms with van der Waals surface area (Å²) < 4.78 is 5.29. The highest BCUT2D eigenvalue weighted by atomic mass is 16.6. The van der Waals surface area contributed by atoms with Crippen molar-refractivity contribution in [1.82, 2.24) is 4.90 Å². The molecule has 1 amide bonds. The Morgan fingerprint density at radius 3 is 2.44 bits per heavy atom. The fraction of sp³-hybridized carbons (Fsp3) is 0.769. The van der Waals surface area contributed by atoms with E-state index in [9.17, 15) is 4.79 Å². The maximum atomic E-state index is 11.7. The lowest BCUT2D eigenvalue weighted by Gasteiger charge is -2.26. The summed E-state index contributed by atoms with van der Waals surface area (Å²) in [5.74, 6) is 2.59. The Morgan fingerprint density at radius 1 is 1.38 bits per heavy atom. The monoisotopic (exact) mass is 225 g/mol. The zero-order valence-electron chi connectivity index (χ0n) is 10.9. The fourth-order valence-electron chi connectivity index (χ4n) is 1.23. The third-order valence-corrected chi connectivity index (χ3v) is 2.03. The Labute approximate surface area is 99.2 Å². The number of nitrogens with zero attached hydrogens (tertiary/aromatic N) is 1. The minimum atomic E-state index is -0.427. The largest absolute Gasteiger partial charge is 0.444 e. The molecule has 0 aromatic heterocycles. The summed E-state index contributed by atoms with van der Waals surface area (Å²) in [6.07, 6.45) is 7.58. The lowest BCUT2D eigenvalue weighted by molar-refractivity contribution is 0.0257. The smallest absolute Gasteiger partial charge is 0.410 e. The minimum Gasteiger partial charge on any atom is -0.444 e. The minimum absolute atomic E-state index is 0.240. The number of carbonyl (C=O) groups excluding carboxylic acids is 1. The Kier molecular flexibility index (Phi) is 6.64. The van der Waals surface area contributed by atoms with Gasteiger partial charge in [0.25, 0.3) is 0 Å². The van der Waals surface area contributed by atoms with Gasteiger partial charge in [-0.25, -0.2) is 4.79 Å². The number of unbranched alkanes of at least 4 members (excludes halogenated alkanes) is 2. The second-order valence-corrected chi connectivity index (χ2v) is 4.72. The van der Waals surface area contributed by atoms with E-state index < -0.39 is 5.60 Å². The molecule has 0 radical (unpaired) electrons. The maximum Gasteiger partial charge on any atom is 0.410 e. The van der Waals surface area contributed by atoms with Crippen molar-refractivity contribution in [1.29, 1.82) is 0 Å². The van der Waals surface area contributed by atoms with Gasteiger partial charge in [-0.2, -0.15) is 0 Å². The standard InChI is InChI=1S/C13H23NO2/c1-6-8-9-10-11-14(7-2)12(15)16-13(3,4)5/h1H,7-11H2,2-5H3. The van der Waals surface area contributed by atoms with Gasteiger partial charge >= 0.3 is 6.09 Å². The highest BCUT2D eigenvalue weighted by Crippen LogP contribution is 2.10. The number of amides is 1. The van der Waals surface area contributed by atoms with Crippen molar-refractivity contribution in [2.75, 3.05) is 13.1 Å². The van der Waals surface area contributed by atoms with E-state index in [1.807, 2.05) is 27.7 Å². The van der Waals surface area contributed by atoms with Crippen LogP contribution in [0.25, 0.3) is 0 Å². The van der Waals surface area contributed by atoms with Crippen molar-refractivity contribution in [3.8, 4) is 12.3 Å². The second-order valence-electron chi connectivity index (χ2n) is 4.72. The van der Waals surface area contributed by atoms with Crippen molar-refractivity contribution in [2.45, 2.75) is 52.6 Å². The van der Waals surface area contributed by atoms with Crippen LogP contribution in [-0.4, -0.2) is 29.7 Å². The first-order chi connectivity index (χ1) is 7.40. The van der Waals surface area contributed by atoms with Gasteiger partial charge in [-0.15, -0.1) is 12.3 Å². The Bertz CT molecular complexity index is 248. The molecule has 0 saturated heterocycles. The molecule has 0 N–H and O–H groups in total. The van der Waals surface area contributed by atoms with Gasteiger partial charge in [0.1, 0.15) is 5.60 Å². The molecule has 0 aliphatic heterocycles. The quantitative estimate of drug-likeness (QED) is 0.531. The van der Waals surface area contributed by atoms with Crippen LogP contribution in [0.2, 0.25) is 0 Å². The zero-order valence-corrected chi connectivity index (χ0v) is 10.9. The molecule has 0 heterocycles. The van der Waals surface area contributed by atoms with Crippen LogP contribution < -0.4 is 0 Å². The molecule has 0 rings (SSSR count). The molecule has 0 atom stereocenters. The fourth-order valence-corrected chi connectivity index (χ4v) is 1.23. The predicted molar refractivity (Wildman–Crippen MR) is 66.2 cm³/mol. The zero-order chi connectivity index (χ0) is 12.6. The first kappa shape index (κ1) is 14.8. The first-order valence-corrected chi connectivity index (χ1v) is 5.82. The second kappa shape index (κ2) is 7.16. The molecule has 0 spiro atoms. The summed E-state index contributed by atoms with van der Waals surface area (Å²) in [7, 11) is 0. The average molecular weight is 225 g/mol. The van der Waals surface area contributed by atoms with E-state index >= 15 is 0 Å². The first-order valence-electron chi connectivity index (χ1n) is 5.82. The van der Waals surface area contributed by atoms with E-state index in [0.717, 1.165) is 19.3 Å². The van der Waals surface area contributed by atoms with Crippen LogP contribution in [-0.2, 0) is 4.74 Å². The molecular formula is C13H23NO2. The van der Waals surface area contributed by atoms with E-state index in [2.05, 4.69) is 5.92 Å². The van der Waals surface area contributed by atoms with Crippen LogP contribution in [0, 0.1) is 12.3 Å². The van der Waals surface area contributed by atoms with Crippen molar-refractivity contribution >= 4 is 6.09 Å². The molecule has 0 unspecified atom stereocenters. The summed E-state index contributed by atoms with van der Waals surface area (Å²) in [5, 5.41) is 0. The molecule has 3 heteroatoms. The number of hydrogen-bond donors (Lipinski definition) is 0. The van der Waals surface area contributed by atoms with Gasteiger partial charge in [-0.1, -0.05) is 0 Å². The van der Waals surface area contributed by atoms with Gasteiger partial charge in [-0.3, -0.25) is 0 Å². The van der Waals surface area contributed by atoms with Crippen molar-refractivity contribution in [3.63, 3.8) is 0 Å². The molecule has 0 saturated carbocycles. The molecule has 0 aromatic carbocycles. The van der Waals surface area contributed by atoms with Crippen LogP contribution in [0.1, 0.15) is 47.0 Å². The van der Waals surface area contributed by atoms with E-state index in [0.29, 0.717) is 13.1 Å². The molecule has 0 bridgehead atoms. The summed E-state index contributed by atoms with van der Waals surface area (Å²) in [6, 6.07) is 0. The van der Waals surface area contributed by atoms with Crippen molar-refractivity contribution in [3.05, 3.63) is 0 Å². The third-order valence-electron chi connectivity index (χ3n) is 2.03. The van der Waals surface area contributed by atoms with Gasteiger partial charge in [0, 0.05) is 19.5 Å². The van der Waals surface area contributed by atoms with Gasteiger partial charge < -0.3 is 9.64 Å².